The minimum Gasteiger partial charge on any atom is -0.487 e. The zero-order chi connectivity index (χ0) is 23.8. The van der Waals surface area contributed by atoms with Crippen LogP contribution in [0.5, 0.6) is 5.75 Å². The van der Waals surface area contributed by atoms with Gasteiger partial charge in [0, 0.05) is 31.3 Å². The van der Waals surface area contributed by atoms with Gasteiger partial charge in [-0.15, -0.1) is 0 Å². The van der Waals surface area contributed by atoms with Gasteiger partial charge >= 0.3 is 0 Å². The van der Waals surface area contributed by atoms with E-state index in [1.54, 1.807) is 31.4 Å². The van der Waals surface area contributed by atoms with E-state index in [0.29, 0.717) is 22.8 Å². The molecule has 0 spiro atoms. The molecule has 1 unspecified atom stereocenters. The van der Waals surface area contributed by atoms with Crippen molar-refractivity contribution < 1.29 is 13.7 Å². The molecule has 0 aliphatic carbocycles. The summed E-state index contributed by atoms with van der Waals surface area (Å²) in [4.78, 5) is 31.8. The Morgan fingerprint density at radius 1 is 1.27 bits per heavy atom. The molecule has 3 N–H and O–H groups in total. The molecule has 0 saturated carbocycles. The van der Waals surface area contributed by atoms with Gasteiger partial charge in [0.2, 0.25) is 0 Å². The fraction of sp³-hybridized carbons (Fsp3) is 0.227. The van der Waals surface area contributed by atoms with E-state index in [4.69, 9.17) is 15.3 Å². The molecule has 1 aliphatic rings. The second-order valence-corrected chi connectivity index (χ2v) is 9.82. The maximum Gasteiger partial charge on any atom is 0.256 e. The smallest absolute Gasteiger partial charge is 0.256 e. The van der Waals surface area contributed by atoms with E-state index in [1.807, 2.05) is 25.1 Å². The van der Waals surface area contributed by atoms with Crippen molar-refractivity contribution in [2.24, 2.45) is 10.7 Å². The summed E-state index contributed by atoms with van der Waals surface area (Å²) in [6, 6.07) is 9.91. The maximum absolute atomic E-state index is 13.0. The zero-order valence-corrected chi connectivity index (χ0v) is 19.2. The summed E-state index contributed by atoms with van der Waals surface area (Å²) >= 11 is 0. The Bertz CT molecular complexity index is 1360. The van der Waals surface area contributed by atoms with Gasteiger partial charge in [0.1, 0.15) is 6.61 Å². The highest BCUT2D eigenvalue weighted by atomic mass is 32.2. The average Bonchev–Trinajstić information content (AvgIpc) is 2.90. The molecule has 11 heteroatoms. The Balaban J connectivity index is 1.71. The van der Waals surface area contributed by atoms with E-state index in [9.17, 15) is 9.00 Å². The van der Waals surface area contributed by atoms with Crippen molar-refractivity contribution in [3.63, 3.8) is 0 Å². The van der Waals surface area contributed by atoms with Crippen LogP contribution in [0.25, 0.3) is 11.3 Å². The predicted molar refractivity (Wildman–Crippen MR) is 125 cm³/mol. The van der Waals surface area contributed by atoms with Crippen LogP contribution < -0.4 is 15.4 Å². The number of aryl methyl sites for hydroxylation is 1. The third-order valence-corrected chi connectivity index (χ3v) is 6.18. The van der Waals surface area contributed by atoms with E-state index < -0.39 is 15.8 Å². The van der Waals surface area contributed by atoms with E-state index >= 15 is 0 Å². The third kappa shape index (κ3) is 4.53. The first-order chi connectivity index (χ1) is 15.6. The number of fused-ring (bicyclic) bond motifs is 1. The van der Waals surface area contributed by atoms with Gasteiger partial charge < -0.3 is 10.5 Å². The van der Waals surface area contributed by atoms with Crippen molar-refractivity contribution >= 4 is 27.3 Å². The molecule has 1 amide bonds. The molecule has 1 aliphatic heterocycles. The number of likely N-dealkylation sites (N-methyl/N-ethyl adjacent to an activating group) is 1. The number of hydrogen-bond acceptors (Lipinski definition) is 8. The molecule has 2 atom stereocenters. The first kappa shape index (κ1) is 22.3. The van der Waals surface area contributed by atoms with Crippen LogP contribution >= 0.6 is 0 Å². The number of pyridine rings is 1. The molecule has 3 aromatic rings. The molecule has 0 bridgehead atoms. The summed E-state index contributed by atoms with van der Waals surface area (Å²) in [5.41, 5.74) is 8.08. The van der Waals surface area contributed by atoms with E-state index in [1.165, 1.54) is 17.4 Å². The average molecular weight is 466 g/mol. The molecule has 4 rings (SSSR count). The summed E-state index contributed by atoms with van der Waals surface area (Å²) < 4.78 is 26.3. The molecule has 2 aromatic heterocycles. The fourth-order valence-electron chi connectivity index (χ4n) is 3.36. The molecule has 3 heterocycles. The SMILES string of the molecule is Cc1cnc2c(c1)OC[C@H](N=C(N)c1ncc(S(C)(=N)=O)c(-c3ccccc3)n1)C(=O)N2C. The van der Waals surface area contributed by atoms with Crippen LogP contribution in [0.3, 0.4) is 0 Å². The van der Waals surface area contributed by atoms with Gasteiger partial charge in [0.05, 0.1) is 20.3 Å². The van der Waals surface area contributed by atoms with E-state index in [2.05, 4.69) is 19.9 Å². The second-order valence-electron chi connectivity index (χ2n) is 7.69. The maximum atomic E-state index is 13.0. The Labute approximate surface area is 191 Å². The highest BCUT2D eigenvalue weighted by Gasteiger charge is 2.30. The number of benzene rings is 1. The summed E-state index contributed by atoms with van der Waals surface area (Å²) in [6.45, 7) is 1.86. The van der Waals surface area contributed by atoms with Crippen LogP contribution in [0, 0.1) is 11.7 Å². The van der Waals surface area contributed by atoms with Crippen LogP contribution in [-0.2, 0) is 14.5 Å². The molecule has 0 radical (unpaired) electrons. The number of carbonyl (C=O) groups is 1. The van der Waals surface area contributed by atoms with Crippen LogP contribution in [0.15, 0.2) is 58.7 Å². The van der Waals surface area contributed by atoms with E-state index in [-0.39, 0.29) is 29.1 Å². The Morgan fingerprint density at radius 3 is 2.70 bits per heavy atom. The Morgan fingerprint density at radius 2 is 2.00 bits per heavy atom. The highest BCUT2D eigenvalue weighted by Crippen LogP contribution is 2.29. The largest absolute Gasteiger partial charge is 0.487 e. The van der Waals surface area contributed by atoms with Gasteiger partial charge in [0.15, 0.2) is 29.3 Å². The Hall–Kier alpha value is -3.86. The number of aromatic nitrogens is 3. The van der Waals surface area contributed by atoms with Crippen molar-refractivity contribution in [3.05, 3.63) is 60.2 Å². The number of nitrogens with two attached hydrogens (primary N) is 1. The molecular formula is C22H23N7O3S. The lowest BCUT2D eigenvalue weighted by molar-refractivity contribution is -0.119. The molecule has 10 nitrogen and oxygen atoms in total. The number of anilines is 1. The van der Waals surface area contributed by atoms with Crippen molar-refractivity contribution in [2.75, 3.05) is 24.8 Å². The normalized spacial score (nSPS) is 18.2. The zero-order valence-electron chi connectivity index (χ0n) is 18.3. The lowest BCUT2D eigenvalue weighted by atomic mass is 10.1. The minimum atomic E-state index is -3.10. The van der Waals surface area contributed by atoms with Crippen LogP contribution in [0.4, 0.5) is 5.82 Å². The number of carbonyl (C=O) groups excluding carboxylic acids is 1. The van der Waals surface area contributed by atoms with Gasteiger partial charge in [-0.25, -0.2) is 28.9 Å². The fourth-order valence-corrected chi connectivity index (χ4v) is 4.15. The van der Waals surface area contributed by atoms with Gasteiger partial charge in [-0.1, -0.05) is 30.3 Å². The summed E-state index contributed by atoms with van der Waals surface area (Å²) in [7, 11) is -1.50. The first-order valence-electron chi connectivity index (χ1n) is 10.0. The predicted octanol–water partition coefficient (Wildman–Crippen LogP) is 2.01. The minimum absolute atomic E-state index is 0.0267. The van der Waals surface area contributed by atoms with Gasteiger partial charge in [0.25, 0.3) is 5.91 Å². The number of ether oxygens (including phenoxy) is 1. The lowest BCUT2D eigenvalue weighted by Gasteiger charge is -2.17. The topological polar surface area (TPSA) is 148 Å². The summed E-state index contributed by atoms with van der Waals surface area (Å²) in [5, 5.41) is 0. The van der Waals surface area contributed by atoms with Crippen LogP contribution in [0.1, 0.15) is 11.4 Å². The van der Waals surface area contributed by atoms with Crippen molar-refractivity contribution in [1.29, 1.82) is 4.78 Å². The van der Waals surface area contributed by atoms with Crippen LogP contribution in [0.2, 0.25) is 0 Å². The number of nitrogens with one attached hydrogen (secondary N) is 1. The Kier molecular flexibility index (Phi) is 5.81. The first-order valence-corrected chi connectivity index (χ1v) is 12.0. The van der Waals surface area contributed by atoms with E-state index in [0.717, 1.165) is 5.56 Å². The molecule has 0 saturated heterocycles. The molecule has 170 valence electrons. The van der Waals surface area contributed by atoms with Crippen LogP contribution in [-0.4, -0.2) is 56.9 Å². The molecule has 0 fully saturated rings. The van der Waals surface area contributed by atoms with Crippen molar-refractivity contribution in [1.82, 2.24) is 15.0 Å². The quantitative estimate of drug-likeness (QED) is 0.442. The number of aliphatic imine (C=N–C) groups is 1. The highest BCUT2D eigenvalue weighted by molar-refractivity contribution is 7.91. The number of amidine groups is 1. The van der Waals surface area contributed by atoms with Gasteiger partial charge in [-0.2, -0.15) is 0 Å². The lowest BCUT2D eigenvalue weighted by Crippen LogP contribution is -2.38. The van der Waals surface area contributed by atoms with Crippen molar-refractivity contribution in [2.45, 2.75) is 17.9 Å². The number of nitrogens with zero attached hydrogens (tertiary/aromatic N) is 5. The number of rotatable bonds is 4. The van der Waals surface area contributed by atoms with Gasteiger partial charge in [-0.05, 0) is 18.6 Å². The van der Waals surface area contributed by atoms with Crippen molar-refractivity contribution in [3.8, 4) is 17.0 Å². The summed E-state index contributed by atoms with van der Waals surface area (Å²) in [5.74, 6) is 0.545. The molecule has 1 aromatic carbocycles. The van der Waals surface area contributed by atoms with Gasteiger partial charge in [-0.3, -0.25) is 9.69 Å². The molecular weight excluding hydrogens is 442 g/mol. The molecule has 33 heavy (non-hydrogen) atoms. The summed E-state index contributed by atoms with van der Waals surface area (Å²) in [6.07, 6.45) is 4.28. The number of hydrogen-bond donors (Lipinski definition) is 2. The standard InChI is InChI=1S/C22H23N7O3S/c1-13-9-16-21(26-10-13)29(2)22(30)15(12-32-16)27-19(23)20-25-11-17(33(3,24)31)18(28-20)14-7-5-4-6-8-14/h4-11,15,24H,12H2,1-3H3,(H2,23,27)/t15-,33?/m0/s1. The second kappa shape index (κ2) is 8.58. The monoisotopic (exact) mass is 465 g/mol. The third-order valence-electron chi connectivity index (χ3n) is 5.05. The number of amides is 1.